The van der Waals surface area contributed by atoms with E-state index < -0.39 is 0 Å². The van der Waals surface area contributed by atoms with Crippen LogP contribution in [0, 0.1) is 0 Å². The largest absolute Gasteiger partial charge is 0.399 e. The summed E-state index contributed by atoms with van der Waals surface area (Å²) in [5, 5.41) is 9.38. The number of nitrogen functional groups attached to an aromatic ring is 2. The van der Waals surface area contributed by atoms with Crippen LogP contribution >= 0.6 is 11.8 Å². The van der Waals surface area contributed by atoms with Crippen molar-refractivity contribution in [2.75, 3.05) is 24.3 Å². The van der Waals surface area contributed by atoms with Crippen molar-refractivity contribution in [3.63, 3.8) is 0 Å². The fraction of sp³-hybridized carbons (Fsp3) is 0.364. The number of rotatable bonds is 5. The quantitative estimate of drug-likeness (QED) is 0.392. The maximum Gasteiger partial charge on any atom is 0.338 e. The molecule has 5 N–H and O–H groups in total. The van der Waals surface area contributed by atoms with Gasteiger partial charge in [-0.2, -0.15) is 5.10 Å². The van der Waals surface area contributed by atoms with Gasteiger partial charge in [0.25, 0.3) is 0 Å². The Morgan fingerprint density at radius 3 is 2.66 bits per heavy atom. The molecular formula is C22H29N5OS. The smallest absolute Gasteiger partial charge is 0.338 e. The molecule has 1 aliphatic rings. The summed E-state index contributed by atoms with van der Waals surface area (Å²) in [5.74, 6) is 0. The van der Waals surface area contributed by atoms with Crippen molar-refractivity contribution in [1.82, 2.24) is 10.3 Å². The van der Waals surface area contributed by atoms with E-state index in [4.69, 9.17) is 16.6 Å². The zero-order valence-corrected chi connectivity index (χ0v) is 18.1. The fourth-order valence-corrected chi connectivity index (χ4v) is 3.96. The third-order valence-corrected chi connectivity index (χ3v) is 5.84. The van der Waals surface area contributed by atoms with Crippen LogP contribution in [0.2, 0.25) is 0 Å². The van der Waals surface area contributed by atoms with Crippen molar-refractivity contribution in [1.29, 1.82) is 0 Å². The number of nitrogens with one attached hydrogen (secondary N) is 1. The first-order chi connectivity index (χ1) is 13.9. The Morgan fingerprint density at radius 2 is 2.00 bits per heavy atom. The second-order valence-corrected chi connectivity index (χ2v) is 8.15. The molecule has 1 atom stereocenters. The van der Waals surface area contributed by atoms with Gasteiger partial charge in [-0.1, -0.05) is 25.5 Å². The average Bonchev–Trinajstić information content (AvgIpc) is 2.84. The highest BCUT2D eigenvalue weighted by Gasteiger charge is 2.28. The number of anilines is 2. The lowest BCUT2D eigenvalue weighted by Gasteiger charge is -2.23. The van der Waals surface area contributed by atoms with E-state index in [-0.39, 0.29) is 12.1 Å². The van der Waals surface area contributed by atoms with Crippen LogP contribution < -0.4 is 16.8 Å². The lowest BCUT2D eigenvalue weighted by atomic mass is 9.94. The molecule has 1 unspecified atom stereocenters. The molecule has 0 saturated carbocycles. The zero-order chi connectivity index (χ0) is 21.0. The summed E-state index contributed by atoms with van der Waals surface area (Å²) in [6.45, 7) is 4.75. The summed E-state index contributed by atoms with van der Waals surface area (Å²) < 4.78 is 0. The standard InChI is InChI=1S/C22H29N5OS/c1-4-5-10-25-22(28)27-14(2)11-16-12-19(24)20(29-3)13-18(16)21(26-27)15-6-8-17(23)9-7-15/h6-9,12-14H,4-5,10-11,23-24H2,1-3H3,(H,25,28). The first kappa shape index (κ1) is 21.0. The number of amides is 2. The average molecular weight is 412 g/mol. The van der Waals surface area contributed by atoms with Gasteiger partial charge >= 0.3 is 6.03 Å². The molecule has 1 heterocycles. The number of hydrogen-bond acceptors (Lipinski definition) is 5. The number of nitrogens with zero attached hydrogens (tertiary/aromatic N) is 2. The number of carbonyl (C=O) groups excluding carboxylic acids is 1. The minimum Gasteiger partial charge on any atom is -0.399 e. The Kier molecular flexibility index (Phi) is 6.69. The molecule has 2 amide bonds. The van der Waals surface area contributed by atoms with E-state index >= 15 is 0 Å². The van der Waals surface area contributed by atoms with Crippen molar-refractivity contribution in [2.45, 2.75) is 44.0 Å². The van der Waals surface area contributed by atoms with E-state index in [9.17, 15) is 4.79 Å². The minimum atomic E-state index is -0.176. The summed E-state index contributed by atoms with van der Waals surface area (Å²) in [5.41, 5.74) is 17.3. The fourth-order valence-electron chi connectivity index (χ4n) is 3.43. The number of fused-ring (bicyclic) bond motifs is 1. The van der Waals surface area contributed by atoms with E-state index in [2.05, 4.69) is 18.3 Å². The van der Waals surface area contributed by atoms with Crippen LogP contribution in [0.1, 0.15) is 43.4 Å². The van der Waals surface area contributed by atoms with Crippen LogP contribution in [0.15, 0.2) is 46.4 Å². The minimum absolute atomic E-state index is 0.0961. The number of benzene rings is 2. The predicted molar refractivity (Wildman–Crippen MR) is 122 cm³/mol. The molecular weight excluding hydrogens is 382 g/mol. The molecule has 29 heavy (non-hydrogen) atoms. The molecule has 0 aliphatic carbocycles. The molecule has 0 bridgehead atoms. The first-order valence-electron chi connectivity index (χ1n) is 9.93. The van der Waals surface area contributed by atoms with Crippen LogP contribution in [-0.2, 0) is 6.42 Å². The van der Waals surface area contributed by atoms with Gasteiger partial charge in [0.1, 0.15) is 0 Å². The van der Waals surface area contributed by atoms with Crippen LogP contribution in [0.25, 0.3) is 0 Å². The van der Waals surface area contributed by atoms with Crippen LogP contribution in [0.5, 0.6) is 0 Å². The van der Waals surface area contributed by atoms with Crippen molar-refractivity contribution in [3.8, 4) is 0 Å². The molecule has 2 aromatic rings. The van der Waals surface area contributed by atoms with Gasteiger partial charge in [-0.3, -0.25) is 0 Å². The molecule has 1 aliphatic heterocycles. The number of nitrogens with two attached hydrogens (primary N) is 2. The predicted octanol–water partition coefficient (Wildman–Crippen LogP) is 4.08. The SMILES string of the molecule is CCCCNC(=O)N1N=C(c2ccc(N)cc2)c2cc(SC)c(N)cc2CC1C. The number of hydrazone groups is 1. The van der Waals surface area contributed by atoms with Crippen molar-refractivity contribution < 1.29 is 4.79 Å². The Morgan fingerprint density at radius 1 is 1.28 bits per heavy atom. The molecule has 7 heteroatoms. The molecule has 154 valence electrons. The summed E-state index contributed by atoms with van der Waals surface area (Å²) in [6.07, 6.45) is 4.65. The maximum atomic E-state index is 12.9. The van der Waals surface area contributed by atoms with E-state index in [0.717, 1.165) is 45.8 Å². The van der Waals surface area contributed by atoms with E-state index in [1.54, 1.807) is 16.8 Å². The van der Waals surface area contributed by atoms with Crippen LogP contribution in [0.4, 0.5) is 16.2 Å². The second kappa shape index (κ2) is 9.22. The molecule has 0 spiro atoms. The molecule has 0 radical (unpaired) electrons. The van der Waals surface area contributed by atoms with E-state index in [0.29, 0.717) is 18.7 Å². The third-order valence-electron chi connectivity index (χ3n) is 5.05. The number of carbonyl (C=O) groups is 1. The van der Waals surface area contributed by atoms with Crippen LogP contribution in [-0.4, -0.2) is 35.6 Å². The zero-order valence-electron chi connectivity index (χ0n) is 17.2. The number of urea groups is 1. The lowest BCUT2D eigenvalue weighted by molar-refractivity contribution is 0.182. The molecule has 0 saturated heterocycles. The lowest BCUT2D eigenvalue weighted by Crippen LogP contribution is -2.42. The maximum absolute atomic E-state index is 12.9. The third kappa shape index (κ3) is 4.67. The van der Waals surface area contributed by atoms with Crippen molar-refractivity contribution >= 4 is 34.9 Å². The highest BCUT2D eigenvalue weighted by Crippen LogP contribution is 2.32. The van der Waals surface area contributed by atoms with Gasteiger partial charge in [-0.05, 0) is 55.9 Å². The summed E-state index contributed by atoms with van der Waals surface area (Å²) in [7, 11) is 0. The van der Waals surface area contributed by atoms with Gasteiger partial charge in [0, 0.05) is 33.9 Å². The first-order valence-corrected chi connectivity index (χ1v) is 11.1. The Hall–Kier alpha value is -2.67. The summed E-state index contributed by atoms with van der Waals surface area (Å²) in [6, 6.07) is 11.4. The summed E-state index contributed by atoms with van der Waals surface area (Å²) >= 11 is 1.60. The van der Waals surface area contributed by atoms with Gasteiger partial charge in [-0.25, -0.2) is 9.80 Å². The number of unbranched alkanes of at least 4 members (excludes halogenated alkanes) is 1. The Bertz CT molecular complexity index is 910. The molecule has 0 aromatic heterocycles. The molecule has 3 rings (SSSR count). The van der Waals surface area contributed by atoms with Crippen molar-refractivity contribution in [2.24, 2.45) is 5.10 Å². The highest BCUT2D eigenvalue weighted by molar-refractivity contribution is 7.98. The number of thioether (sulfide) groups is 1. The molecule has 6 nitrogen and oxygen atoms in total. The van der Waals surface area contributed by atoms with Crippen LogP contribution in [0.3, 0.4) is 0 Å². The van der Waals surface area contributed by atoms with Gasteiger partial charge in [-0.15, -0.1) is 11.8 Å². The van der Waals surface area contributed by atoms with Gasteiger partial charge in [0.05, 0.1) is 11.8 Å². The highest BCUT2D eigenvalue weighted by atomic mass is 32.2. The van der Waals surface area contributed by atoms with E-state index in [1.165, 1.54) is 0 Å². The number of hydrogen-bond donors (Lipinski definition) is 3. The van der Waals surface area contributed by atoms with E-state index in [1.807, 2.05) is 43.5 Å². The normalized spacial score (nSPS) is 16.0. The monoisotopic (exact) mass is 411 g/mol. The van der Waals surface area contributed by atoms with Gasteiger partial charge in [0.15, 0.2) is 0 Å². The van der Waals surface area contributed by atoms with Gasteiger partial charge < -0.3 is 16.8 Å². The topological polar surface area (TPSA) is 96.7 Å². The van der Waals surface area contributed by atoms with Gasteiger partial charge in [0.2, 0.25) is 0 Å². The Labute approximate surface area is 176 Å². The Balaban J connectivity index is 2.10. The molecule has 0 fully saturated rings. The molecule has 2 aromatic carbocycles. The summed E-state index contributed by atoms with van der Waals surface area (Å²) in [4.78, 5) is 13.9. The van der Waals surface area contributed by atoms with Crippen molar-refractivity contribution in [3.05, 3.63) is 53.1 Å². The second-order valence-electron chi connectivity index (χ2n) is 7.31.